The smallest absolute Gasteiger partial charge is 0.341 e. The Labute approximate surface area is 143 Å². The van der Waals surface area contributed by atoms with Crippen LogP contribution in [0.15, 0.2) is 12.3 Å². The molecule has 9 heteroatoms. The fourth-order valence-corrected chi connectivity index (χ4v) is 3.13. The van der Waals surface area contributed by atoms with Crippen molar-refractivity contribution in [1.29, 1.82) is 0 Å². The zero-order chi connectivity index (χ0) is 17.4. The Hall–Kier alpha value is -2.61. The average Bonchev–Trinajstić information content (AvgIpc) is 3.14. The summed E-state index contributed by atoms with van der Waals surface area (Å²) in [4.78, 5) is 29.1. The minimum absolute atomic E-state index is 0.0804. The van der Waals surface area contributed by atoms with E-state index in [0.29, 0.717) is 36.7 Å². The summed E-state index contributed by atoms with van der Waals surface area (Å²) in [6.07, 6.45) is 2.20. The van der Waals surface area contributed by atoms with Crippen molar-refractivity contribution in [2.45, 2.75) is 20.3 Å². The predicted molar refractivity (Wildman–Crippen MR) is 88.2 cm³/mol. The number of aryl methyl sites for hydroxylation is 1. The number of halogens is 1. The predicted octanol–water partition coefficient (Wildman–Crippen LogP) is 2.02. The Kier molecular flexibility index (Phi) is 4.15. The molecule has 3 heterocycles. The normalized spacial score (nSPS) is 14.1. The molecule has 0 spiro atoms. The minimum Gasteiger partial charge on any atom is -0.478 e. The van der Waals surface area contributed by atoms with Gasteiger partial charge in [-0.15, -0.1) is 5.10 Å². The largest absolute Gasteiger partial charge is 0.478 e. The maximum atomic E-state index is 11.8. The van der Waals surface area contributed by atoms with E-state index in [1.54, 1.807) is 19.2 Å². The number of pyridine rings is 1. The Balaban J connectivity index is 2.17. The van der Waals surface area contributed by atoms with Crippen LogP contribution in [0.25, 0.3) is 5.69 Å². The van der Waals surface area contributed by atoms with Gasteiger partial charge >= 0.3 is 12.0 Å². The number of hydrogen-bond acceptors (Lipinski definition) is 4. The van der Waals surface area contributed by atoms with Crippen LogP contribution < -0.4 is 10.2 Å². The molecule has 8 nitrogen and oxygen atoms in total. The van der Waals surface area contributed by atoms with Gasteiger partial charge in [0, 0.05) is 31.0 Å². The number of carbonyl (C=O) groups excluding carboxylic acids is 1. The molecule has 1 aliphatic heterocycles. The molecule has 1 saturated heterocycles. The summed E-state index contributed by atoms with van der Waals surface area (Å²) in [5.74, 6) is -0.720. The molecule has 24 heavy (non-hydrogen) atoms. The average molecular weight is 350 g/mol. The number of rotatable bonds is 4. The summed E-state index contributed by atoms with van der Waals surface area (Å²) >= 11 is 6.06. The van der Waals surface area contributed by atoms with Gasteiger partial charge in [0.1, 0.15) is 10.7 Å². The molecule has 0 unspecified atom stereocenters. The SMILES string of the molecule is CCc1c(C)nc(Cl)c(C(=O)O)c1-n1ccc(N2CCNC2=O)n1. The highest BCUT2D eigenvalue weighted by Gasteiger charge is 2.26. The van der Waals surface area contributed by atoms with Crippen LogP contribution in [-0.2, 0) is 6.42 Å². The van der Waals surface area contributed by atoms with Crippen LogP contribution >= 0.6 is 11.6 Å². The molecule has 0 aromatic carbocycles. The molecular formula is C15H16ClN5O3. The minimum atomic E-state index is -1.17. The highest BCUT2D eigenvalue weighted by Crippen LogP contribution is 2.29. The van der Waals surface area contributed by atoms with Crippen molar-refractivity contribution >= 4 is 29.4 Å². The lowest BCUT2D eigenvalue weighted by Crippen LogP contribution is -2.28. The van der Waals surface area contributed by atoms with Gasteiger partial charge in [-0.05, 0) is 18.9 Å². The molecule has 1 fully saturated rings. The standard InChI is InChI=1S/C15H16ClN5O3/c1-3-9-8(2)18-13(16)11(14(22)23)12(9)21-6-4-10(19-21)20-7-5-17-15(20)24/h4,6H,3,5,7H2,1-2H3,(H,17,24)(H,22,23). The summed E-state index contributed by atoms with van der Waals surface area (Å²) in [5.41, 5.74) is 1.68. The zero-order valence-corrected chi connectivity index (χ0v) is 14.0. The molecule has 2 aromatic heterocycles. The Bertz CT molecular complexity index is 833. The van der Waals surface area contributed by atoms with Gasteiger partial charge < -0.3 is 10.4 Å². The molecule has 2 aromatic rings. The molecule has 126 valence electrons. The van der Waals surface area contributed by atoms with E-state index in [0.717, 1.165) is 5.56 Å². The van der Waals surface area contributed by atoms with Gasteiger partial charge in [-0.25, -0.2) is 19.3 Å². The number of nitrogens with zero attached hydrogens (tertiary/aromatic N) is 4. The summed E-state index contributed by atoms with van der Waals surface area (Å²) < 4.78 is 1.45. The van der Waals surface area contributed by atoms with Crippen LogP contribution in [0.4, 0.5) is 10.6 Å². The second-order valence-electron chi connectivity index (χ2n) is 5.35. The van der Waals surface area contributed by atoms with E-state index in [9.17, 15) is 14.7 Å². The van der Waals surface area contributed by atoms with Crippen LogP contribution in [0.1, 0.15) is 28.5 Å². The summed E-state index contributed by atoms with van der Waals surface area (Å²) in [6, 6.07) is 1.44. The molecule has 0 atom stereocenters. The van der Waals surface area contributed by atoms with Crippen molar-refractivity contribution in [1.82, 2.24) is 20.1 Å². The van der Waals surface area contributed by atoms with Gasteiger partial charge in [0.2, 0.25) is 0 Å². The molecule has 0 bridgehead atoms. The first-order chi connectivity index (χ1) is 11.4. The number of carboxylic acids is 1. The number of carboxylic acid groups (broad SMARTS) is 1. The molecule has 0 saturated carbocycles. The highest BCUT2D eigenvalue weighted by molar-refractivity contribution is 6.32. The van der Waals surface area contributed by atoms with Crippen LogP contribution in [0.3, 0.4) is 0 Å². The number of hydrogen-bond donors (Lipinski definition) is 2. The fourth-order valence-electron chi connectivity index (χ4n) is 2.83. The second-order valence-corrected chi connectivity index (χ2v) is 5.71. The van der Waals surface area contributed by atoms with Crippen molar-refractivity contribution in [3.63, 3.8) is 0 Å². The van der Waals surface area contributed by atoms with Gasteiger partial charge in [0.05, 0.1) is 5.69 Å². The third-order valence-electron chi connectivity index (χ3n) is 3.94. The number of aromatic carboxylic acids is 1. The molecular weight excluding hydrogens is 334 g/mol. The van der Waals surface area contributed by atoms with Crippen molar-refractivity contribution < 1.29 is 14.7 Å². The lowest BCUT2D eigenvalue weighted by molar-refractivity contribution is 0.0696. The molecule has 0 aliphatic carbocycles. The van der Waals surface area contributed by atoms with Crippen LogP contribution in [0.5, 0.6) is 0 Å². The molecule has 3 rings (SSSR count). The quantitative estimate of drug-likeness (QED) is 0.822. The molecule has 2 amide bonds. The number of amides is 2. The van der Waals surface area contributed by atoms with Gasteiger partial charge in [-0.1, -0.05) is 18.5 Å². The number of nitrogens with one attached hydrogen (secondary N) is 1. The number of aromatic nitrogens is 3. The molecule has 1 aliphatic rings. The maximum Gasteiger partial charge on any atom is 0.341 e. The van der Waals surface area contributed by atoms with Gasteiger partial charge in [-0.3, -0.25) is 4.90 Å². The van der Waals surface area contributed by atoms with Crippen molar-refractivity contribution in [2.75, 3.05) is 18.0 Å². The van der Waals surface area contributed by atoms with Crippen molar-refractivity contribution in [3.05, 3.63) is 34.2 Å². The van der Waals surface area contributed by atoms with E-state index in [1.165, 1.54) is 9.58 Å². The van der Waals surface area contributed by atoms with Crippen molar-refractivity contribution in [3.8, 4) is 5.69 Å². The Morgan fingerprint density at radius 3 is 2.83 bits per heavy atom. The van der Waals surface area contributed by atoms with Gasteiger partial charge in [-0.2, -0.15) is 0 Å². The number of anilines is 1. The first-order valence-corrected chi connectivity index (χ1v) is 7.85. The van der Waals surface area contributed by atoms with E-state index in [4.69, 9.17) is 11.6 Å². The lowest BCUT2D eigenvalue weighted by Gasteiger charge is -2.15. The van der Waals surface area contributed by atoms with Crippen LogP contribution in [0.2, 0.25) is 5.15 Å². The fraction of sp³-hybridized carbons (Fsp3) is 0.333. The van der Waals surface area contributed by atoms with Crippen molar-refractivity contribution in [2.24, 2.45) is 0 Å². The number of urea groups is 1. The lowest BCUT2D eigenvalue weighted by atomic mass is 10.1. The molecule has 0 radical (unpaired) electrons. The monoisotopic (exact) mass is 349 g/mol. The number of carbonyl (C=O) groups is 2. The van der Waals surface area contributed by atoms with E-state index in [1.807, 2.05) is 6.92 Å². The summed E-state index contributed by atoms with van der Waals surface area (Å²) in [5, 5.41) is 16.5. The Morgan fingerprint density at radius 2 is 2.25 bits per heavy atom. The second kappa shape index (κ2) is 6.12. The molecule has 2 N–H and O–H groups in total. The van der Waals surface area contributed by atoms with Gasteiger partial charge in [0.15, 0.2) is 5.82 Å². The zero-order valence-electron chi connectivity index (χ0n) is 13.2. The van der Waals surface area contributed by atoms with Gasteiger partial charge in [0.25, 0.3) is 0 Å². The van der Waals surface area contributed by atoms with E-state index in [-0.39, 0.29) is 16.7 Å². The topological polar surface area (TPSA) is 100 Å². The van der Waals surface area contributed by atoms with Crippen LogP contribution in [0, 0.1) is 6.92 Å². The third-order valence-corrected chi connectivity index (χ3v) is 4.21. The van der Waals surface area contributed by atoms with E-state index >= 15 is 0 Å². The van der Waals surface area contributed by atoms with E-state index in [2.05, 4.69) is 15.4 Å². The van der Waals surface area contributed by atoms with E-state index < -0.39 is 5.97 Å². The highest BCUT2D eigenvalue weighted by atomic mass is 35.5. The summed E-state index contributed by atoms with van der Waals surface area (Å²) in [7, 11) is 0. The Morgan fingerprint density at radius 1 is 1.50 bits per heavy atom. The van der Waals surface area contributed by atoms with Crippen LogP contribution in [-0.4, -0.2) is 45.0 Å². The third kappa shape index (κ3) is 2.58. The summed E-state index contributed by atoms with van der Waals surface area (Å²) in [6.45, 7) is 4.74. The maximum absolute atomic E-state index is 11.8. The first-order valence-electron chi connectivity index (χ1n) is 7.47. The first kappa shape index (κ1) is 16.3.